The van der Waals surface area contributed by atoms with Crippen molar-refractivity contribution in [3.63, 3.8) is 0 Å². The number of ether oxygens (including phenoxy) is 1. The molecular weight excluding hydrogens is 326 g/mol. The van der Waals surface area contributed by atoms with Gasteiger partial charge in [-0.1, -0.05) is 36.4 Å². The van der Waals surface area contributed by atoms with Gasteiger partial charge in [0.05, 0.1) is 5.16 Å². The van der Waals surface area contributed by atoms with Crippen LogP contribution in [0.4, 0.5) is 0 Å². The summed E-state index contributed by atoms with van der Waals surface area (Å²) in [6.07, 6.45) is 2.10. The number of phenolic OH excluding ortho intramolecular Hbond substituents is 1. The molecule has 0 aromatic heterocycles. The molecule has 2 aromatic rings. The van der Waals surface area contributed by atoms with Crippen molar-refractivity contribution in [2.45, 2.75) is 12.8 Å². The number of thiocarbonyl (C=S) groups is 1. The van der Waals surface area contributed by atoms with Crippen LogP contribution in [0.15, 0.2) is 53.5 Å². The van der Waals surface area contributed by atoms with Crippen molar-refractivity contribution < 1.29 is 9.84 Å². The molecular formula is C18H19NO2S2. The number of isothiocyanates is 1. The van der Waals surface area contributed by atoms with Crippen LogP contribution in [0.2, 0.25) is 0 Å². The molecule has 0 fully saturated rings. The fourth-order valence-electron chi connectivity index (χ4n) is 2.12. The van der Waals surface area contributed by atoms with Crippen LogP contribution < -0.4 is 4.74 Å². The Morgan fingerprint density at radius 3 is 2.57 bits per heavy atom. The molecule has 0 aliphatic carbocycles. The first kappa shape index (κ1) is 17.5. The molecule has 0 aliphatic rings. The van der Waals surface area contributed by atoms with Gasteiger partial charge in [-0.3, -0.25) is 0 Å². The third kappa shape index (κ3) is 5.71. The highest BCUT2D eigenvalue weighted by Crippen LogP contribution is 2.35. The van der Waals surface area contributed by atoms with E-state index in [4.69, 9.17) is 4.74 Å². The van der Waals surface area contributed by atoms with Crippen LogP contribution in [0.25, 0.3) is 11.1 Å². The van der Waals surface area contributed by atoms with Crippen LogP contribution in [-0.4, -0.2) is 28.5 Å². The van der Waals surface area contributed by atoms with Gasteiger partial charge in [-0.2, -0.15) is 0 Å². The fourth-order valence-corrected chi connectivity index (χ4v) is 2.95. The van der Waals surface area contributed by atoms with E-state index in [9.17, 15) is 5.11 Å². The number of aromatic hydroxyl groups is 1. The second kappa shape index (κ2) is 10.1. The number of nitrogens with zero attached hydrogens (tertiary/aromatic N) is 1. The highest BCUT2D eigenvalue weighted by Gasteiger charge is 2.09. The lowest BCUT2D eigenvalue weighted by atomic mass is 10.0. The van der Waals surface area contributed by atoms with Crippen molar-refractivity contribution in [1.82, 2.24) is 0 Å². The maximum absolute atomic E-state index is 10.0. The third-order valence-electron chi connectivity index (χ3n) is 3.25. The normalized spacial score (nSPS) is 10.1. The van der Waals surface area contributed by atoms with E-state index in [1.807, 2.05) is 42.5 Å². The number of phenols is 1. The van der Waals surface area contributed by atoms with Crippen LogP contribution in [0.5, 0.6) is 11.5 Å². The molecule has 0 saturated carbocycles. The van der Waals surface area contributed by atoms with Crippen LogP contribution in [0.3, 0.4) is 0 Å². The molecule has 2 rings (SSSR count). The molecule has 0 atom stereocenters. The second-order valence-electron chi connectivity index (χ2n) is 4.86. The first-order valence-electron chi connectivity index (χ1n) is 7.44. The molecule has 0 heterocycles. The summed E-state index contributed by atoms with van der Waals surface area (Å²) >= 11 is 6.27. The van der Waals surface area contributed by atoms with Crippen molar-refractivity contribution in [2.75, 3.05) is 18.2 Å². The standard InChI is InChI=1S/C18H19NO2S2/c20-17-9-3-1-7-15(17)16-8-2-4-10-18(16)21-14-23-12-6-5-11-19-13-22/h1-4,7-10,20H,5-6,11-12,14H2. The molecule has 5 heteroatoms. The molecule has 23 heavy (non-hydrogen) atoms. The molecule has 1 N–H and O–H groups in total. The van der Waals surface area contributed by atoms with Gasteiger partial charge in [0.25, 0.3) is 0 Å². The van der Waals surface area contributed by atoms with Crippen molar-refractivity contribution in [1.29, 1.82) is 0 Å². The molecule has 120 valence electrons. The summed E-state index contributed by atoms with van der Waals surface area (Å²) in [6.45, 7) is 0.751. The molecule has 0 spiro atoms. The smallest absolute Gasteiger partial charge is 0.134 e. The van der Waals surface area contributed by atoms with E-state index < -0.39 is 0 Å². The van der Waals surface area contributed by atoms with Gasteiger partial charge < -0.3 is 9.84 Å². The zero-order valence-electron chi connectivity index (χ0n) is 12.8. The highest BCUT2D eigenvalue weighted by atomic mass is 32.2. The predicted molar refractivity (Wildman–Crippen MR) is 101 cm³/mol. The number of hydrogen-bond donors (Lipinski definition) is 1. The zero-order valence-corrected chi connectivity index (χ0v) is 14.4. The van der Waals surface area contributed by atoms with Gasteiger partial charge in [-0.15, -0.1) is 11.8 Å². The van der Waals surface area contributed by atoms with Gasteiger partial charge in [0.2, 0.25) is 0 Å². The first-order chi connectivity index (χ1) is 11.3. The summed E-state index contributed by atoms with van der Waals surface area (Å²) in [5, 5.41) is 12.4. The SMILES string of the molecule is Oc1ccccc1-c1ccccc1OCSCCCCN=C=S. The van der Waals surface area contributed by atoms with E-state index in [0.29, 0.717) is 5.94 Å². The van der Waals surface area contributed by atoms with E-state index in [0.717, 1.165) is 42.0 Å². The van der Waals surface area contributed by atoms with Gasteiger partial charge in [-0.25, -0.2) is 4.99 Å². The van der Waals surface area contributed by atoms with Gasteiger partial charge in [-0.05, 0) is 42.9 Å². The number of rotatable bonds is 9. The number of thioether (sulfide) groups is 1. The number of hydrogen-bond acceptors (Lipinski definition) is 5. The monoisotopic (exact) mass is 345 g/mol. The number of aliphatic imine (C=N–C) groups is 1. The number of para-hydroxylation sites is 2. The Morgan fingerprint density at radius 1 is 1.04 bits per heavy atom. The fraction of sp³-hybridized carbons (Fsp3) is 0.278. The van der Waals surface area contributed by atoms with Crippen LogP contribution >= 0.6 is 24.0 Å². The number of benzene rings is 2. The minimum Gasteiger partial charge on any atom is -0.507 e. The van der Waals surface area contributed by atoms with Crippen molar-refractivity contribution in [3.8, 4) is 22.6 Å². The Bertz CT molecular complexity index is 670. The second-order valence-corrected chi connectivity index (χ2v) is 6.10. The van der Waals surface area contributed by atoms with Gasteiger partial charge >= 0.3 is 0 Å². The minimum absolute atomic E-state index is 0.260. The zero-order chi connectivity index (χ0) is 16.3. The average molecular weight is 345 g/mol. The Kier molecular flexibility index (Phi) is 7.67. The summed E-state index contributed by atoms with van der Waals surface area (Å²) in [5.41, 5.74) is 1.69. The van der Waals surface area contributed by atoms with Crippen molar-refractivity contribution >= 4 is 29.1 Å². The predicted octanol–water partition coefficient (Wildman–Crippen LogP) is 5.01. The van der Waals surface area contributed by atoms with E-state index in [1.165, 1.54) is 0 Å². The Morgan fingerprint density at radius 2 is 1.78 bits per heavy atom. The lowest BCUT2D eigenvalue weighted by Crippen LogP contribution is -1.96. The topological polar surface area (TPSA) is 41.8 Å². The van der Waals surface area contributed by atoms with Crippen LogP contribution in [0, 0.1) is 0 Å². The Balaban J connectivity index is 1.87. The van der Waals surface area contributed by atoms with Gasteiger partial charge in [0.15, 0.2) is 0 Å². The summed E-state index contributed by atoms with van der Waals surface area (Å²) in [4.78, 5) is 3.89. The molecule has 0 radical (unpaired) electrons. The summed E-state index contributed by atoms with van der Waals surface area (Å²) < 4.78 is 5.87. The first-order valence-corrected chi connectivity index (χ1v) is 9.01. The summed E-state index contributed by atoms with van der Waals surface area (Å²) in [5.74, 6) is 2.65. The largest absolute Gasteiger partial charge is 0.507 e. The number of unbranched alkanes of at least 4 members (excludes halogenated alkanes) is 1. The average Bonchev–Trinajstić information content (AvgIpc) is 2.58. The van der Waals surface area contributed by atoms with E-state index >= 15 is 0 Å². The maximum Gasteiger partial charge on any atom is 0.134 e. The molecule has 3 nitrogen and oxygen atoms in total. The van der Waals surface area contributed by atoms with E-state index in [-0.39, 0.29) is 5.75 Å². The lowest BCUT2D eigenvalue weighted by molar-refractivity contribution is 0.394. The molecule has 0 unspecified atom stereocenters. The third-order valence-corrected chi connectivity index (χ3v) is 4.24. The quantitative estimate of drug-likeness (QED) is 0.300. The minimum atomic E-state index is 0.260. The van der Waals surface area contributed by atoms with E-state index in [2.05, 4.69) is 22.4 Å². The van der Waals surface area contributed by atoms with Gasteiger partial charge in [0, 0.05) is 17.7 Å². The Hall–Kier alpha value is -1.81. The van der Waals surface area contributed by atoms with Gasteiger partial charge in [0.1, 0.15) is 17.4 Å². The molecule has 0 saturated heterocycles. The molecule has 2 aromatic carbocycles. The molecule has 0 bridgehead atoms. The lowest BCUT2D eigenvalue weighted by Gasteiger charge is -2.12. The summed E-state index contributed by atoms with van der Waals surface area (Å²) in [6, 6.07) is 15.1. The molecule has 0 aliphatic heterocycles. The van der Waals surface area contributed by atoms with E-state index in [1.54, 1.807) is 17.8 Å². The summed E-state index contributed by atoms with van der Waals surface area (Å²) in [7, 11) is 0. The van der Waals surface area contributed by atoms with Crippen molar-refractivity contribution in [3.05, 3.63) is 48.5 Å². The van der Waals surface area contributed by atoms with Crippen LogP contribution in [0.1, 0.15) is 12.8 Å². The maximum atomic E-state index is 10.0. The van der Waals surface area contributed by atoms with Crippen LogP contribution in [-0.2, 0) is 0 Å². The molecule has 0 amide bonds. The Labute approximate surface area is 146 Å². The van der Waals surface area contributed by atoms with Crippen molar-refractivity contribution in [2.24, 2.45) is 4.99 Å². The highest BCUT2D eigenvalue weighted by molar-refractivity contribution is 7.99.